The lowest BCUT2D eigenvalue weighted by Crippen LogP contribution is -2.30. The van der Waals surface area contributed by atoms with E-state index in [-0.39, 0.29) is 25.5 Å². The number of hydrogen-bond donors (Lipinski definition) is 1. The van der Waals surface area contributed by atoms with Crippen LogP contribution in [-0.4, -0.2) is 25.0 Å². The first-order valence-corrected chi connectivity index (χ1v) is 8.77. The number of aryl methyl sites for hydroxylation is 1. The number of esters is 1. The summed E-state index contributed by atoms with van der Waals surface area (Å²) in [7, 11) is 0. The van der Waals surface area contributed by atoms with Crippen molar-refractivity contribution in [3.8, 4) is 5.75 Å². The first kappa shape index (κ1) is 19.8. The molecule has 0 fully saturated rings. The molecule has 0 heterocycles. The van der Waals surface area contributed by atoms with Crippen LogP contribution in [0.3, 0.4) is 0 Å². The van der Waals surface area contributed by atoms with Gasteiger partial charge in [-0.3, -0.25) is 9.59 Å². The van der Waals surface area contributed by atoms with Gasteiger partial charge in [0.25, 0.3) is 0 Å². The van der Waals surface area contributed by atoms with Crippen molar-refractivity contribution in [1.82, 2.24) is 5.32 Å². The Hall–Kier alpha value is -2.53. The number of halogens is 1. The van der Waals surface area contributed by atoms with Crippen LogP contribution < -0.4 is 10.1 Å². The highest BCUT2D eigenvalue weighted by atomic mass is 35.5. The zero-order valence-electron chi connectivity index (χ0n) is 14.7. The molecule has 0 atom stereocenters. The Kier molecular flexibility index (Phi) is 7.96. The van der Waals surface area contributed by atoms with Gasteiger partial charge in [0.2, 0.25) is 5.91 Å². The van der Waals surface area contributed by atoms with Crippen LogP contribution in [0.15, 0.2) is 48.5 Å². The van der Waals surface area contributed by atoms with Crippen molar-refractivity contribution in [2.45, 2.75) is 26.4 Å². The van der Waals surface area contributed by atoms with Gasteiger partial charge in [0.05, 0.1) is 6.61 Å². The number of nitrogens with one attached hydrogen (secondary N) is 1. The maximum atomic E-state index is 11.8. The molecule has 6 heteroatoms. The van der Waals surface area contributed by atoms with Crippen LogP contribution in [-0.2, 0) is 20.9 Å². The molecule has 0 radical (unpaired) electrons. The molecule has 5 nitrogen and oxygen atoms in total. The van der Waals surface area contributed by atoms with Gasteiger partial charge < -0.3 is 14.8 Å². The van der Waals surface area contributed by atoms with Gasteiger partial charge in [-0.2, -0.15) is 0 Å². The molecule has 2 aromatic rings. The maximum Gasteiger partial charge on any atom is 0.325 e. The van der Waals surface area contributed by atoms with Crippen LogP contribution in [0.5, 0.6) is 5.75 Å². The SMILES string of the molecule is Cc1cc(Cl)ccc1OCCCC(=O)NCC(=O)OCc1ccccc1. The van der Waals surface area contributed by atoms with Gasteiger partial charge in [0.1, 0.15) is 18.9 Å². The zero-order chi connectivity index (χ0) is 18.8. The van der Waals surface area contributed by atoms with Gasteiger partial charge >= 0.3 is 5.97 Å². The van der Waals surface area contributed by atoms with Crippen LogP contribution in [0.4, 0.5) is 0 Å². The van der Waals surface area contributed by atoms with Crippen molar-refractivity contribution in [2.24, 2.45) is 0 Å². The predicted octanol–water partition coefficient (Wildman–Crippen LogP) is 3.67. The Morgan fingerprint density at radius 2 is 1.88 bits per heavy atom. The highest BCUT2D eigenvalue weighted by Gasteiger charge is 2.07. The van der Waals surface area contributed by atoms with Gasteiger partial charge in [0, 0.05) is 11.4 Å². The quantitative estimate of drug-likeness (QED) is 0.536. The Labute approximate surface area is 158 Å². The largest absolute Gasteiger partial charge is 0.493 e. The molecule has 138 valence electrons. The molecule has 0 aliphatic heterocycles. The summed E-state index contributed by atoms with van der Waals surface area (Å²) in [5.74, 6) is 0.0765. The first-order valence-electron chi connectivity index (χ1n) is 8.40. The molecule has 0 aliphatic rings. The average Bonchev–Trinajstić information content (AvgIpc) is 2.64. The zero-order valence-corrected chi connectivity index (χ0v) is 15.4. The van der Waals surface area contributed by atoms with Crippen LogP contribution >= 0.6 is 11.6 Å². The van der Waals surface area contributed by atoms with Crippen molar-refractivity contribution in [3.63, 3.8) is 0 Å². The normalized spacial score (nSPS) is 10.2. The summed E-state index contributed by atoms with van der Waals surface area (Å²) in [6.07, 6.45) is 0.825. The van der Waals surface area contributed by atoms with Crippen molar-refractivity contribution < 1.29 is 19.1 Å². The van der Waals surface area contributed by atoms with Gasteiger partial charge in [-0.1, -0.05) is 41.9 Å². The van der Waals surface area contributed by atoms with E-state index in [9.17, 15) is 9.59 Å². The number of hydrogen-bond acceptors (Lipinski definition) is 4. The van der Waals surface area contributed by atoms with Crippen LogP contribution in [0.2, 0.25) is 5.02 Å². The molecule has 0 bridgehead atoms. The monoisotopic (exact) mass is 375 g/mol. The van der Waals surface area contributed by atoms with E-state index in [0.29, 0.717) is 18.1 Å². The number of rotatable bonds is 9. The van der Waals surface area contributed by atoms with Crippen molar-refractivity contribution in [1.29, 1.82) is 0 Å². The molecular weight excluding hydrogens is 354 g/mol. The molecule has 0 spiro atoms. The number of carbonyl (C=O) groups is 2. The highest BCUT2D eigenvalue weighted by molar-refractivity contribution is 6.30. The molecular formula is C20H22ClNO4. The molecule has 0 aliphatic carbocycles. The summed E-state index contributed by atoms with van der Waals surface area (Å²) in [5.41, 5.74) is 1.85. The lowest BCUT2D eigenvalue weighted by molar-refractivity contribution is -0.145. The smallest absolute Gasteiger partial charge is 0.325 e. The minimum absolute atomic E-state index is 0.136. The fourth-order valence-electron chi connectivity index (χ4n) is 2.24. The molecule has 1 N–H and O–H groups in total. The summed E-state index contributed by atoms with van der Waals surface area (Å²) in [5, 5.41) is 3.21. The van der Waals surface area contributed by atoms with E-state index in [1.807, 2.05) is 43.3 Å². The molecule has 0 unspecified atom stereocenters. The van der Waals surface area contributed by atoms with Crippen molar-refractivity contribution in [3.05, 3.63) is 64.7 Å². The van der Waals surface area contributed by atoms with E-state index < -0.39 is 5.97 Å². The second-order valence-electron chi connectivity index (χ2n) is 5.78. The van der Waals surface area contributed by atoms with E-state index in [2.05, 4.69) is 5.32 Å². The summed E-state index contributed by atoms with van der Waals surface area (Å²) in [6, 6.07) is 14.8. The van der Waals surface area contributed by atoms with Crippen LogP contribution in [0, 0.1) is 6.92 Å². The van der Waals surface area contributed by atoms with Gasteiger partial charge in [0.15, 0.2) is 0 Å². The third-order valence-corrected chi connectivity index (χ3v) is 3.85. The lowest BCUT2D eigenvalue weighted by Gasteiger charge is -2.09. The molecule has 1 amide bonds. The van der Waals surface area contributed by atoms with E-state index in [1.165, 1.54) is 0 Å². The molecule has 26 heavy (non-hydrogen) atoms. The van der Waals surface area contributed by atoms with Gasteiger partial charge in [-0.05, 0) is 42.7 Å². The maximum absolute atomic E-state index is 11.8. The second kappa shape index (κ2) is 10.5. The third kappa shape index (κ3) is 7.15. The van der Waals surface area contributed by atoms with E-state index >= 15 is 0 Å². The Bertz CT molecular complexity index is 734. The molecule has 0 aromatic heterocycles. The minimum atomic E-state index is -0.463. The Balaban J connectivity index is 1.57. The lowest BCUT2D eigenvalue weighted by atomic mass is 10.2. The molecule has 2 aromatic carbocycles. The first-order chi connectivity index (χ1) is 12.5. The predicted molar refractivity (Wildman–Crippen MR) is 100 cm³/mol. The highest BCUT2D eigenvalue weighted by Crippen LogP contribution is 2.21. The van der Waals surface area contributed by atoms with Crippen LogP contribution in [0.25, 0.3) is 0 Å². The van der Waals surface area contributed by atoms with Gasteiger partial charge in [-0.15, -0.1) is 0 Å². The standard InChI is InChI=1S/C20H22ClNO4/c1-15-12-17(21)9-10-18(15)25-11-5-8-19(23)22-13-20(24)26-14-16-6-3-2-4-7-16/h2-4,6-7,9-10,12H,5,8,11,13-14H2,1H3,(H,22,23). The van der Waals surface area contributed by atoms with Crippen LogP contribution in [0.1, 0.15) is 24.0 Å². The van der Waals surface area contributed by atoms with Crippen molar-refractivity contribution in [2.75, 3.05) is 13.2 Å². The summed E-state index contributed by atoms with van der Waals surface area (Å²) < 4.78 is 10.7. The van der Waals surface area contributed by atoms with Crippen molar-refractivity contribution >= 4 is 23.5 Å². The topological polar surface area (TPSA) is 64.6 Å². The number of ether oxygens (including phenoxy) is 2. The summed E-state index contributed by atoms with van der Waals surface area (Å²) >= 11 is 5.89. The average molecular weight is 376 g/mol. The second-order valence-corrected chi connectivity index (χ2v) is 6.22. The molecule has 0 saturated heterocycles. The van der Waals surface area contributed by atoms with Gasteiger partial charge in [-0.25, -0.2) is 0 Å². The van der Waals surface area contributed by atoms with E-state index in [1.54, 1.807) is 12.1 Å². The molecule has 0 saturated carbocycles. The van der Waals surface area contributed by atoms with E-state index in [0.717, 1.165) is 16.9 Å². The summed E-state index contributed by atoms with van der Waals surface area (Å²) in [6.45, 7) is 2.38. The Morgan fingerprint density at radius 3 is 2.62 bits per heavy atom. The number of amides is 1. The van der Waals surface area contributed by atoms with E-state index in [4.69, 9.17) is 21.1 Å². The minimum Gasteiger partial charge on any atom is -0.493 e. The fraction of sp³-hybridized carbons (Fsp3) is 0.300. The summed E-state index contributed by atoms with van der Waals surface area (Å²) in [4.78, 5) is 23.4. The molecule has 2 rings (SSSR count). The third-order valence-electron chi connectivity index (χ3n) is 3.62. The fourth-order valence-corrected chi connectivity index (χ4v) is 2.46. The Morgan fingerprint density at radius 1 is 1.12 bits per heavy atom. The number of benzene rings is 2. The number of carbonyl (C=O) groups excluding carboxylic acids is 2.